The quantitative estimate of drug-likeness (QED) is 0.731. The number of aromatic nitrogens is 1. The number of aliphatic imine (C=N–C) groups is 1. The van der Waals surface area contributed by atoms with Gasteiger partial charge in [0, 0.05) is 17.3 Å². The Labute approximate surface area is 129 Å². The molecule has 3 nitrogen and oxygen atoms in total. The molecule has 108 valence electrons. The van der Waals surface area contributed by atoms with E-state index in [-0.39, 0.29) is 0 Å². The van der Waals surface area contributed by atoms with Gasteiger partial charge >= 0.3 is 0 Å². The summed E-state index contributed by atoms with van der Waals surface area (Å²) in [6.07, 6.45) is 1.96. The average Bonchev–Trinajstić information content (AvgIpc) is 3.01. The van der Waals surface area contributed by atoms with Gasteiger partial charge in [-0.3, -0.25) is 0 Å². The van der Waals surface area contributed by atoms with E-state index in [9.17, 15) is 5.11 Å². The average molecular weight is 288 g/mol. The topological polar surface area (TPSA) is 37.5 Å². The van der Waals surface area contributed by atoms with Gasteiger partial charge in [0.2, 0.25) is 0 Å². The van der Waals surface area contributed by atoms with Crippen molar-refractivity contribution in [3.8, 4) is 5.69 Å². The van der Waals surface area contributed by atoms with Gasteiger partial charge in [0.1, 0.15) is 0 Å². The molecule has 1 aromatic heterocycles. The van der Waals surface area contributed by atoms with Crippen LogP contribution in [0.4, 0.5) is 0 Å². The molecule has 3 heteroatoms. The molecule has 4 rings (SSSR count). The van der Waals surface area contributed by atoms with Crippen molar-refractivity contribution in [3.05, 3.63) is 89.7 Å². The van der Waals surface area contributed by atoms with E-state index in [1.54, 1.807) is 6.92 Å². The predicted octanol–water partition coefficient (Wildman–Crippen LogP) is 3.49. The van der Waals surface area contributed by atoms with Crippen molar-refractivity contribution in [1.29, 1.82) is 0 Å². The third-order valence-electron chi connectivity index (χ3n) is 4.03. The first-order chi connectivity index (χ1) is 10.7. The van der Waals surface area contributed by atoms with E-state index in [4.69, 9.17) is 0 Å². The van der Waals surface area contributed by atoms with E-state index in [1.807, 2.05) is 71.4 Å². The van der Waals surface area contributed by atoms with Gasteiger partial charge in [-0.1, -0.05) is 48.5 Å². The zero-order valence-electron chi connectivity index (χ0n) is 12.3. The molecule has 2 aromatic carbocycles. The third-order valence-corrected chi connectivity index (χ3v) is 4.03. The first kappa shape index (κ1) is 13.0. The van der Waals surface area contributed by atoms with E-state index >= 15 is 0 Å². The highest BCUT2D eigenvalue weighted by atomic mass is 16.3. The van der Waals surface area contributed by atoms with Crippen LogP contribution in [-0.2, 0) is 5.72 Å². The Hall–Kier alpha value is -2.65. The number of hydrogen-bond acceptors (Lipinski definition) is 2. The minimum atomic E-state index is -1.27. The molecule has 0 radical (unpaired) electrons. The van der Waals surface area contributed by atoms with Crippen molar-refractivity contribution in [1.82, 2.24) is 4.57 Å². The molecule has 0 spiro atoms. The van der Waals surface area contributed by atoms with Crippen LogP contribution in [0.2, 0.25) is 0 Å². The highest BCUT2D eigenvalue weighted by molar-refractivity contribution is 6.15. The highest BCUT2D eigenvalue weighted by Crippen LogP contribution is 2.33. The van der Waals surface area contributed by atoms with Gasteiger partial charge in [0.05, 0.1) is 17.1 Å². The van der Waals surface area contributed by atoms with Crippen molar-refractivity contribution < 1.29 is 5.11 Å². The van der Waals surface area contributed by atoms with Crippen LogP contribution >= 0.6 is 0 Å². The van der Waals surface area contributed by atoms with Gasteiger partial charge in [-0.2, -0.15) is 0 Å². The van der Waals surface area contributed by atoms with Crippen molar-refractivity contribution in [2.75, 3.05) is 0 Å². The number of fused-ring (bicyclic) bond motifs is 3. The molecule has 1 atom stereocenters. The number of hydrogen-bond donors (Lipinski definition) is 1. The summed E-state index contributed by atoms with van der Waals surface area (Å²) in [6, 6.07) is 21.9. The van der Waals surface area contributed by atoms with Gasteiger partial charge in [-0.25, -0.2) is 4.99 Å². The normalized spacial score (nSPS) is 19.8. The highest BCUT2D eigenvalue weighted by Gasteiger charge is 2.31. The molecule has 22 heavy (non-hydrogen) atoms. The fraction of sp³-hybridized carbons (Fsp3) is 0.105. The zero-order valence-corrected chi connectivity index (χ0v) is 12.3. The summed E-state index contributed by atoms with van der Waals surface area (Å²) in [6.45, 7) is 1.73. The Morgan fingerprint density at radius 1 is 0.909 bits per heavy atom. The lowest BCUT2D eigenvalue weighted by atomic mass is 10.0. The fourth-order valence-electron chi connectivity index (χ4n) is 3.01. The Bertz CT molecular complexity index is 860. The van der Waals surface area contributed by atoms with Crippen molar-refractivity contribution in [2.45, 2.75) is 12.6 Å². The van der Waals surface area contributed by atoms with E-state index < -0.39 is 5.72 Å². The lowest BCUT2D eigenvalue weighted by Crippen LogP contribution is -2.21. The molecule has 1 unspecified atom stereocenters. The summed E-state index contributed by atoms with van der Waals surface area (Å²) in [5, 5.41) is 10.9. The maximum Gasteiger partial charge on any atom is 0.195 e. The molecule has 1 aliphatic rings. The lowest BCUT2D eigenvalue weighted by molar-refractivity contribution is 0.0620. The minimum Gasteiger partial charge on any atom is -0.364 e. The molecule has 0 aliphatic carbocycles. The predicted molar refractivity (Wildman–Crippen MR) is 87.4 cm³/mol. The smallest absolute Gasteiger partial charge is 0.195 e. The minimum absolute atomic E-state index is 0.769. The SMILES string of the molecule is CC1(O)N=C(c2ccccc2)c2ccccc2-n2cccc21. The maximum absolute atomic E-state index is 10.9. The monoisotopic (exact) mass is 288 g/mol. The summed E-state index contributed by atoms with van der Waals surface area (Å²) in [7, 11) is 0. The summed E-state index contributed by atoms with van der Waals surface area (Å²) < 4.78 is 2.01. The molecule has 0 fully saturated rings. The van der Waals surface area contributed by atoms with Gasteiger partial charge < -0.3 is 9.67 Å². The number of rotatable bonds is 1. The molecular weight excluding hydrogens is 272 g/mol. The van der Waals surface area contributed by atoms with Crippen LogP contribution in [0.25, 0.3) is 5.69 Å². The van der Waals surface area contributed by atoms with E-state index in [0.29, 0.717) is 0 Å². The van der Waals surface area contributed by atoms with Crippen LogP contribution in [0.5, 0.6) is 0 Å². The first-order valence-electron chi connectivity index (χ1n) is 7.32. The van der Waals surface area contributed by atoms with Gasteiger partial charge in [-0.15, -0.1) is 0 Å². The second-order valence-electron chi connectivity index (χ2n) is 5.63. The van der Waals surface area contributed by atoms with Crippen molar-refractivity contribution in [2.24, 2.45) is 4.99 Å². The zero-order chi connectivity index (χ0) is 15.2. The number of para-hydroxylation sites is 1. The number of benzene rings is 2. The van der Waals surface area contributed by atoms with E-state index in [0.717, 1.165) is 28.2 Å². The standard InChI is InChI=1S/C19H16N2O/c1-19(22)17-12-7-13-21(17)16-11-6-5-10-15(16)18(20-19)14-8-3-2-4-9-14/h2-13,22H,1H3. The summed E-state index contributed by atoms with van der Waals surface area (Å²) in [5.74, 6) is 0. The summed E-state index contributed by atoms with van der Waals surface area (Å²) in [5.41, 5.74) is 3.36. The van der Waals surface area contributed by atoms with Crippen LogP contribution in [0, 0.1) is 0 Å². The van der Waals surface area contributed by atoms with Crippen molar-refractivity contribution in [3.63, 3.8) is 0 Å². The molecule has 0 bridgehead atoms. The first-order valence-corrected chi connectivity index (χ1v) is 7.32. The van der Waals surface area contributed by atoms with E-state index in [2.05, 4.69) is 11.1 Å². The molecule has 2 heterocycles. The summed E-state index contributed by atoms with van der Waals surface area (Å²) in [4.78, 5) is 4.68. The Kier molecular flexibility index (Phi) is 2.78. The number of nitrogens with zero attached hydrogens (tertiary/aromatic N) is 2. The Balaban J connectivity index is 2.07. The van der Waals surface area contributed by atoms with Gasteiger partial charge in [-0.05, 0) is 25.1 Å². The van der Waals surface area contributed by atoms with Crippen LogP contribution < -0.4 is 0 Å². The maximum atomic E-state index is 10.9. The molecule has 0 saturated heterocycles. The third kappa shape index (κ3) is 1.90. The van der Waals surface area contributed by atoms with Gasteiger partial charge in [0.25, 0.3) is 0 Å². The largest absolute Gasteiger partial charge is 0.364 e. The summed E-state index contributed by atoms with van der Waals surface area (Å²) >= 11 is 0. The van der Waals surface area contributed by atoms with Crippen LogP contribution in [0.15, 0.2) is 77.9 Å². The number of aliphatic hydroxyl groups is 1. The Morgan fingerprint density at radius 2 is 1.64 bits per heavy atom. The second-order valence-corrected chi connectivity index (χ2v) is 5.63. The molecule has 1 N–H and O–H groups in total. The molecular formula is C19H16N2O. The molecule has 1 aliphatic heterocycles. The van der Waals surface area contributed by atoms with Crippen molar-refractivity contribution >= 4 is 5.71 Å². The molecule has 0 amide bonds. The van der Waals surface area contributed by atoms with Crippen LogP contribution in [0.3, 0.4) is 0 Å². The molecule has 0 saturated carbocycles. The van der Waals surface area contributed by atoms with E-state index in [1.165, 1.54) is 0 Å². The second kappa shape index (κ2) is 4.68. The van der Waals surface area contributed by atoms with Gasteiger partial charge in [0.15, 0.2) is 5.72 Å². The lowest BCUT2D eigenvalue weighted by Gasteiger charge is -2.19. The van der Waals surface area contributed by atoms with Crippen LogP contribution in [0.1, 0.15) is 23.7 Å². The Morgan fingerprint density at radius 3 is 2.45 bits per heavy atom. The fourth-order valence-corrected chi connectivity index (χ4v) is 3.01. The van der Waals surface area contributed by atoms with Crippen LogP contribution in [-0.4, -0.2) is 15.4 Å². The molecule has 3 aromatic rings.